The number of urea groups is 1. The largest absolute Gasteiger partial charge is 0.479 e. The van der Waals surface area contributed by atoms with E-state index in [2.05, 4.69) is 16.0 Å². The summed E-state index contributed by atoms with van der Waals surface area (Å²) in [4.78, 5) is 23.5. The lowest BCUT2D eigenvalue weighted by atomic mass is 10.1. The Morgan fingerprint density at radius 1 is 1.26 bits per heavy atom. The summed E-state index contributed by atoms with van der Waals surface area (Å²) in [5.74, 6) is 0.271. The molecule has 3 amide bonds. The second-order valence-electron chi connectivity index (χ2n) is 5.32. The second-order valence-corrected chi connectivity index (χ2v) is 5.32. The molecule has 0 saturated heterocycles. The van der Waals surface area contributed by atoms with Gasteiger partial charge in [-0.25, -0.2) is 4.79 Å². The van der Waals surface area contributed by atoms with Gasteiger partial charge in [0, 0.05) is 6.54 Å². The van der Waals surface area contributed by atoms with E-state index in [9.17, 15) is 9.59 Å². The van der Waals surface area contributed by atoms with E-state index in [1.807, 2.05) is 37.3 Å². The van der Waals surface area contributed by atoms with Crippen LogP contribution in [0.3, 0.4) is 0 Å². The number of hydrogen-bond donors (Lipinski definition) is 3. The minimum Gasteiger partial charge on any atom is -0.479 e. The Morgan fingerprint density at radius 2 is 2.04 bits per heavy atom. The molecule has 3 rings (SSSR count). The summed E-state index contributed by atoms with van der Waals surface area (Å²) in [5, 5.41) is 8.30. The fourth-order valence-electron chi connectivity index (χ4n) is 2.38. The van der Waals surface area contributed by atoms with Crippen molar-refractivity contribution in [2.24, 2.45) is 0 Å². The Labute approximate surface area is 133 Å². The number of benzene rings is 2. The minimum atomic E-state index is -0.331. The molecule has 23 heavy (non-hydrogen) atoms. The quantitative estimate of drug-likeness (QED) is 0.815. The zero-order chi connectivity index (χ0) is 16.2. The second kappa shape index (κ2) is 6.39. The van der Waals surface area contributed by atoms with E-state index in [0.29, 0.717) is 23.7 Å². The molecule has 0 unspecified atom stereocenters. The molecule has 118 valence electrons. The van der Waals surface area contributed by atoms with Crippen molar-refractivity contribution >= 4 is 23.3 Å². The number of anilines is 2. The fourth-order valence-corrected chi connectivity index (χ4v) is 2.38. The van der Waals surface area contributed by atoms with E-state index >= 15 is 0 Å². The Bertz CT molecular complexity index is 744. The first-order valence-electron chi connectivity index (χ1n) is 7.28. The van der Waals surface area contributed by atoms with Crippen molar-refractivity contribution in [3.63, 3.8) is 0 Å². The van der Waals surface area contributed by atoms with Crippen LogP contribution in [0.15, 0.2) is 42.5 Å². The van der Waals surface area contributed by atoms with E-state index in [4.69, 9.17) is 4.74 Å². The molecule has 0 fully saturated rings. The maximum Gasteiger partial charge on any atom is 0.319 e. The number of hydrogen-bond acceptors (Lipinski definition) is 3. The Balaban J connectivity index is 1.70. The van der Waals surface area contributed by atoms with E-state index in [0.717, 1.165) is 11.1 Å². The molecule has 0 bridgehead atoms. The van der Waals surface area contributed by atoms with Crippen LogP contribution in [0, 0.1) is 6.92 Å². The Hall–Kier alpha value is -3.02. The number of amides is 3. The average Bonchev–Trinajstić information content (AvgIpc) is 2.53. The third-order valence-electron chi connectivity index (χ3n) is 3.40. The van der Waals surface area contributed by atoms with Crippen LogP contribution < -0.4 is 20.7 Å². The predicted octanol–water partition coefficient (Wildman–Crippen LogP) is 2.65. The summed E-state index contributed by atoms with van der Waals surface area (Å²) in [6.07, 6.45) is 0. The molecule has 0 aliphatic carbocycles. The van der Waals surface area contributed by atoms with Crippen LogP contribution in [-0.4, -0.2) is 18.5 Å². The van der Waals surface area contributed by atoms with Crippen molar-refractivity contribution in [2.45, 2.75) is 13.5 Å². The minimum absolute atomic E-state index is 0.0592. The average molecular weight is 311 g/mol. The standard InChI is InChI=1S/C17H17N3O3/c1-11-7-13-16(23-10-15(21)19-13)14(8-11)20-17(22)18-9-12-5-3-2-4-6-12/h2-8H,9-10H2,1H3,(H,19,21)(H2,18,20,22). The number of ether oxygens (including phenoxy) is 1. The van der Waals surface area contributed by atoms with Crippen molar-refractivity contribution < 1.29 is 14.3 Å². The van der Waals surface area contributed by atoms with Crippen LogP contribution in [0.2, 0.25) is 0 Å². The van der Waals surface area contributed by atoms with Crippen molar-refractivity contribution in [3.05, 3.63) is 53.6 Å². The maximum atomic E-state index is 12.1. The topological polar surface area (TPSA) is 79.5 Å². The molecular weight excluding hydrogens is 294 g/mol. The van der Waals surface area contributed by atoms with Crippen LogP contribution in [0.5, 0.6) is 5.75 Å². The highest BCUT2D eigenvalue weighted by Gasteiger charge is 2.20. The first-order chi connectivity index (χ1) is 11.1. The number of carbonyl (C=O) groups is 2. The number of carbonyl (C=O) groups excluding carboxylic acids is 2. The summed E-state index contributed by atoms with van der Waals surface area (Å²) in [6, 6.07) is 12.9. The third-order valence-corrected chi connectivity index (χ3v) is 3.40. The number of aryl methyl sites for hydroxylation is 1. The van der Waals surface area contributed by atoms with Gasteiger partial charge < -0.3 is 20.7 Å². The Morgan fingerprint density at radius 3 is 2.83 bits per heavy atom. The van der Waals surface area contributed by atoms with Gasteiger partial charge in [0.05, 0.1) is 11.4 Å². The van der Waals surface area contributed by atoms with Crippen molar-refractivity contribution in [3.8, 4) is 5.75 Å². The molecule has 0 spiro atoms. The molecule has 1 heterocycles. The summed E-state index contributed by atoms with van der Waals surface area (Å²) in [5.41, 5.74) is 3.02. The van der Waals surface area contributed by atoms with Crippen LogP contribution in [0.4, 0.5) is 16.2 Å². The lowest BCUT2D eigenvalue weighted by Gasteiger charge is -2.21. The molecule has 2 aromatic rings. The van der Waals surface area contributed by atoms with Gasteiger partial charge in [0.25, 0.3) is 5.91 Å². The molecule has 0 atom stereocenters. The lowest BCUT2D eigenvalue weighted by Crippen LogP contribution is -2.30. The normalized spacial score (nSPS) is 12.7. The molecule has 6 nitrogen and oxygen atoms in total. The van der Waals surface area contributed by atoms with Gasteiger partial charge in [-0.15, -0.1) is 0 Å². The molecule has 6 heteroatoms. The van der Waals surface area contributed by atoms with Gasteiger partial charge in [-0.2, -0.15) is 0 Å². The molecule has 3 N–H and O–H groups in total. The first-order valence-corrected chi connectivity index (χ1v) is 7.28. The lowest BCUT2D eigenvalue weighted by molar-refractivity contribution is -0.118. The molecule has 0 radical (unpaired) electrons. The highest BCUT2D eigenvalue weighted by atomic mass is 16.5. The van der Waals surface area contributed by atoms with Crippen molar-refractivity contribution in [1.29, 1.82) is 0 Å². The molecule has 0 aromatic heterocycles. The van der Waals surface area contributed by atoms with Gasteiger partial charge in [0.15, 0.2) is 12.4 Å². The summed E-state index contributed by atoms with van der Waals surface area (Å²) in [6.45, 7) is 2.25. The summed E-state index contributed by atoms with van der Waals surface area (Å²) >= 11 is 0. The highest BCUT2D eigenvalue weighted by Crippen LogP contribution is 2.36. The molecular formula is C17H17N3O3. The van der Waals surface area contributed by atoms with Crippen molar-refractivity contribution in [2.75, 3.05) is 17.2 Å². The maximum absolute atomic E-state index is 12.1. The van der Waals surface area contributed by atoms with Gasteiger partial charge in [0.1, 0.15) is 0 Å². The summed E-state index contributed by atoms with van der Waals surface area (Å²) in [7, 11) is 0. The van der Waals surface area contributed by atoms with Crippen LogP contribution in [0.25, 0.3) is 0 Å². The van der Waals surface area contributed by atoms with Gasteiger partial charge in [0.2, 0.25) is 0 Å². The van der Waals surface area contributed by atoms with E-state index in [1.165, 1.54) is 0 Å². The molecule has 1 aliphatic rings. The third kappa shape index (κ3) is 3.60. The highest BCUT2D eigenvalue weighted by molar-refractivity contribution is 5.99. The van der Waals surface area contributed by atoms with Gasteiger partial charge in [-0.3, -0.25) is 4.79 Å². The molecule has 2 aromatic carbocycles. The SMILES string of the molecule is Cc1cc2c(c(NC(=O)NCc3ccccc3)c1)OCC(=O)N2. The first kappa shape index (κ1) is 14.9. The summed E-state index contributed by atoms with van der Waals surface area (Å²) < 4.78 is 5.43. The van der Waals surface area contributed by atoms with E-state index in [-0.39, 0.29) is 18.5 Å². The van der Waals surface area contributed by atoms with Crippen LogP contribution >= 0.6 is 0 Å². The zero-order valence-corrected chi connectivity index (χ0v) is 12.7. The van der Waals surface area contributed by atoms with E-state index in [1.54, 1.807) is 12.1 Å². The number of nitrogens with one attached hydrogen (secondary N) is 3. The zero-order valence-electron chi connectivity index (χ0n) is 12.7. The number of fused-ring (bicyclic) bond motifs is 1. The molecule has 1 aliphatic heterocycles. The predicted molar refractivity (Wildman–Crippen MR) is 87.6 cm³/mol. The monoisotopic (exact) mass is 311 g/mol. The van der Waals surface area contributed by atoms with Crippen LogP contribution in [-0.2, 0) is 11.3 Å². The molecule has 0 saturated carbocycles. The van der Waals surface area contributed by atoms with Crippen molar-refractivity contribution in [1.82, 2.24) is 5.32 Å². The van der Waals surface area contributed by atoms with Gasteiger partial charge >= 0.3 is 6.03 Å². The fraction of sp³-hybridized carbons (Fsp3) is 0.176. The van der Waals surface area contributed by atoms with Gasteiger partial charge in [-0.05, 0) is 30.2 Å². The van der Waals surface area contributed by atoms with Gasteiger partial charge in [-0.1, -0.05) is 30.3 Å². The van der Waals surface area contributed by atoms with Crippen LogP contribution in [0.1, 0.15) is 11.1 Å². The smallest absolute Gasteiger partial charge is 0.319 e. The van der Waals surface area contributed by atoms with E-state index < -0.39 is 0 Å². The number of rotatable bonds is 3. The Kier molecular flexibility index (Phi) is 4.14.